The highest BCUT2D eigenvalue weighted by atomic mass is 28.4. The molecule has 0 unspecified atom stereocenters. The SMILES string of the molecule is CC(C)(C)[Si](C)(C)OCc1cccc(Oc2ccccc2)c1. The fourth-order valence-corrected chi connectivity index (χ4v) is 2.76. The van der Waals surface area contributed by atoms with E-state index in [0.717, 1.165) is 17.1 Å². The van der Waals surface area contributed by atoms with Crippen molar-refractivity contribution in [3.8, 4) is 11.5 Å². The van der Waals surface area contributed by atoms with Crippen LogP contribution in [0.15, 0.2) is 54.6 Å². The van der Waals surface area contributed by atoms with Gasteiger partial charge in [-0.05, 0) is 48.0 Å². The zero-order chi connectivity index (χ0) is 16.2. The number of benzene rings is 2. The van der Waals surface area contributed by atoms with Crippen LogP contribution in [-0.4, -0.2) is 8.32 Å². The Hall–Kier alpha value is -1.58. The van der Waals surface area contributed by atoms with E-state index in [1.165, 1.54) is 0 Å². The van der Waals surface area contributed by atoms with Crippen LogP contribution in [0.5, 0.6) is 11.5 Å². The molecule has 0 heterocycles. The van der Waals surface area contributed by atoms with Crippen molar-refractivity contribution >= 4 is 8.32 Å². The molecule has 2 rings (SSSR count). The van der Waals surface area contributed by atoms with Crippen LogP contribution >= 0.6 is 0 Å². The first-order valence-corrected chi connectivity index (χ1v) is 10.6. The number of para-hydroxylation sites is 1. The van der Waals surface area contributed by atoms with Crippen LogP contribution in [-0.2, 0) is 11.0 Å². The first-order chi connectivity index (χ1) is 10.3. The molecule has 0 fully saturated rings. The largest absolute Gasteiger partial charge is 0.457 e. The normalized spacial score (nSPS) is 12.2. The molecule has 22 heavy (non-hydrogen) atoms. The minimum Gasteiger partial charge on any atom is -0.457 e. The Morgan fingerprint density at radius 3 is 2.14 bits per heavy atom. The molecule has 2 aromatic carbocycles. The van der Waals surface area contributed by atoms with Gasteiger partial charge in [0.25, 0.3) is 0 Å². The average molecular weight is 315 g/mol. The molecule has 0 saturated heterocycles. The van der Waals surface area contributed by atoms with Crippen molar-refractivity contribution in [3.63, 3.8) is 0 Å². The molecule has 0 N–H and O–H groups in total. The molecule has 0 aliphatic carbocycles. The van der Waals surface area contributed by atoms with E-state index in [-0.39, 0.29) is 5.04 Å². The average Bonchev–Trinajstić information content (AvgIpc) is 2.46. The van der Waals surface area contributed by atoms with Crippen LogP contribution < -0.4 is 4.74 Å². The predicted molar refractivity (Wildman–Crippen MR) is 94.9 cm³/mol. The van der Waals surface area contributed by atoms with E-state index >= 15 is 0 Å². The summed E-state index contributed by atoms with van der Waals surface area (Å²) in [6, 6.07) is 18.0. The first kappa shape index (κ1) is 16.8. The fraction of sp³-hybridized carbons (Fsp3) is 0.368. The molecule has 2 nitrogen and oxygen atoms in total. The monoisotopic (exact) mass is 314 g/mol. The van der Waals surface area contributed by atoms with Gasteiger partial charge in [-0.2, -0.15) is 0 Å². The molecule has 0 radical (unpaired) electrons. The molecule has 0 amide bonds. The Morgan fingerprint density at radius 1 is 0.864 bits per heavy atom. The summed E-state index contributed by atoms with van der Waals surface area (Å²) in [4.78, 5) is 0. The van der Waals surface area contributed by atoms with E-state index in [9.17, 15) is 0 Å². The van der Waals surface area contributed by atoms with Crippen LogP contribution in [0.3, 0.4) is 0 Å². The summed E-state index contributed by atoms with van der Waals surface area (Å²) in [7, 11) is -1.72. The van der Waals surface area contributed by atoms with Gasteiger partial charge < -0.3 is 9.16 Å². The third kappa shape index (κ3) is 4.45. The topological polar surface area (TPSA) is 18.5 Å². The highest BCUT2D eigenvalue weighted by molar-refractivity contribution is 6.74. The second kappa shape index (κ2) is 6.67. The minimum absolute atomic E-state index is 0.227. The third-order valence-corrected chi connectivity index (χ3v) is 8.76. The Bertz CT molecular complexity index is 600. The predicted octanol–water partition coefficient (Wildman–Crippen LogP) is 6.00. The summed E-state index contributed by atoms with van der Waals surface area (Å²) < 4.78 is 12.1. The van der Waals surface area contributed by atoms with Gasteiger partial charge in [-0.1, -0.05) is 51.1 Å². The van der Waals surface area contributed by atoms with Crippen molar-refractivity contribution in [2.45, 2.75) is 45.5 Å². The van der Waals surface area contributed by atoms with Gasteiger partial charge >= 0.3 is 0 Å². The second-order valence-electron chi connectivity index (χ2n) is 7.11. The third-order valence-electron chi connectivity index (χ3n) is 4.28. The maximum atomic E-state index is 6.27. The first-order valence-electron chi connectivity index (χ1n) is 7.74. The molecule has 2 aromatic rings. The molecular weight excluding hydrogens is 288 g/mol. The van der Waals surface area contributed by atoms with Crippen molar-refractivity contribution in [1.29, 1.82) is 0 Å². The van der Waals surface area contributed by atoms with Crippen LogP contribution in [0, 0.1) is 0 Å². The highest BCUT2D eigenvalue weighted by Gasteiger charge is 2.36. The second-order valence-corrected chi connectivity index (χ2v) is 11.9. The van der Waals surface area contributed by atoms with Gasteiger partial charge in [0.1, 0.15) is 11.5 Å². The number of hydrogen-bond donors (Lipinski definition) is 0. The Labute approximate surface area is 135 Å². The molecular formula is C19H26O2Si. The van der Waals surface area contributed by atoms with E-state index in [0.29, 0.717) is 6.61 Å². The van der Waals surface area contributed by atoms with Crippen LogP contribution in [0.4, 0.5) is 0 Å². The lowest BCUT2D eigenvalue weighted by Gasteiger charge is -2.36. The zero-order valence-corrected chi connectivity index (χ0v) is 15.2. The van der Waals surface area contributed by atoms with Crippen molar-refractivity contribution in [3.05, 3.63) is 60.2 Å². The Morgan fingerprint density at radius 2 is 1.50 bits per heavy atom. The fourth-order valence-electron chi connectivity index (χ4n) is 1.80. The van der Waals surface area contributed by atoms with E-state index in [2.05, 4.69) is 46.0 Å². The number of hydrogen-bond acceptors (Lipinski definition) is 2. The molecule has 0 atom stereocenters. The summed E-state index contributed by atoms with van der Waals surface area (Å²) in [6.07, 6.45) is 0. The Balaban J connectivity index is 2.03. The number of ether oxygens (including phenoxy) is 1. The summed E-state index contributed by atoms with van der Waals surface area (Å²) in [5, 5.41) is 0.227. The standard InChI is InChI=1S/C19H26O2Si/c1-19(2,3)22(4,5)20-15-16-10-9-13-18(14-16)21-17-11-7-6-8-12-17/h6-14H,15H2,1-5H3. The van der Waals surface area contributed by atoms with Crippen LogP contribution in [0.25, 0.3) is 0 Å². The van der Waals surface area contributed by atoms with Gasteiger partial charge in [0.15, 0.2) is 8.32 Å². The quantitative estimate of drug-likeness (QED) is 0.630. The molecule has 3 heteroatoms. The molecule has 0 aliphatic rings. The van der Waals surface area contributed by atoms with Crippen LogP contribution in [0.1, 0.15) is 26.3 Å². The lowest BCUT2D eigenvalue weighted by molar-refractivity contribution is 0.276. The van der Waals surface area contributed by atoms with E-state index in [4.69, 9.17) is 9.16 Å². The molecule has 0 saturated carbocycles. The molecule has 0 aliphatic heterocycles. The Kier molecular flexibility index (Phi) is 5.09. The van der Waals surface area contributed by atoms with Crippen molar-refractivity contribution in [1.82, 2.24) is 0 Å². The smallest absolute Gasteiger partial charge is 0.192 e. The molecule has 0 aromatic heterocycles. The molecule has 0 spiro atoms. The van der Waals surface area contributed by atoms with E-state index < -0.39 is 8.32 Å². The minimum atomic E-state index is -1.72. The highest BCUT2D eigenvalue weighted by Crippen LogP contribution is 2.37. The van der Waals surface area contributed by atoms with Crippen molar-refractivity contribution in [2.24, 2.45) is 0 Å². The molecule has 118 valence electrons. The number of rotatable bonds is 5. The van der Waals surface area contributed by atoms with Gasteiger partial charge in [-0.25, -0.2) is 0 Å². The van der Waals surface area contributed by atoms with Gasteiger partial charge in [0, 0.05) is 0 Å². The summed E-state index contributed by atoms with van der Waals surface area (Å²) in [5.74, 6) is 1.70. The summed E-state index contributed by atoms with van der Waals surface area (Å²) >= 11 is 0. The van der Waals surface area contributed by atoms with Gasteiger partial charge in [-0.15, -0.1) is 0 Å². The van der Waals surface area contributed by atoms with Crippen molar-refractivity contribution < 1.29 is 9.16 Å². The lowest BCUT2D eigenvalue weighted by atomic mass is 10.2. The van der Waals surface area contributed by atoms with Crippen LogP contribution in [0.2, 0.25) is 18.1 Å². The summed E-state index contributed by atoms with van der Waals surface area (Å²) in [6.45, 7) is 12.0. The molecule has 0 bridgehead atoms. The van der Waals surface area contributed by atoms with E-state index in [1.807, 2.05) is 42.5 Å². The maximum absolute atomic E-state index is 6.27. The lowest BCUT2D eigenvalue weighted by Crippen LogP contribution is -2.40. The zero-order valence-electron chi connectivity index (χ0n) is 14.2. The van der Waals surface area contributed by atoms with Gasteiger partial charge in [-0.3, -0.25) is 0 Å². The van der Waals surface area contributed by atoms with Crippen molar-refractivity contribution in [2.75, 3.05) is 0 Å². The van der Waals surface area contributed by atoms with Gasteiger partial charge in [0.05, 0.1) is 6.61 Å². The summed E-state index contributed by atoms with van der Waals surface area (Å²) in [5.41, 5.74) is 1.15. The maximum Gasteiger partial charge on any atom is 0.192 e. The van der Waals surface area contributed by atoms with E-state index in [1.54, 1.807) is 0 Å². The van der Waals surface area contributed by atoms with Gasteiger partial charge in [0.2, 0.25) is 0 Å².